The predicted octanol–water partition coefficient (Wildman–Crippen LogP) is 1.78. The normalized spacial score (nSPS) is 10.2. The number of hydrogen-bond donors (Lipinski definition) is 0. The Morgan fingerprint density at radius 3 is 2.71 bits per heavy atom. The number of rotatable bonds is 3. The number of hydrogen-bond acceptors (Lipinski definition) is 3. The van der Waals surface area contributed by atoms with Gasteiger partial charge in [0.1, 0.15) is 6.54 Å². The summed E-state index contributed by atoms with van der Waals surface area (Å²) in [6, 6.07) is 9.60. The van der Waals surface area contributed by atoms with Gasteiger partial charge >= 0.3 is 0 Å². The summed E-state index contributed by atoms with van der Waals surface area (Å²) < 4.78 is 1.10. The SMILES string of the molecule is O=C(Cn1ncccc1=O)c1ccccc1Cl. The average molecular weight is 249 g/mol. The van der Waals surface area contributed by atoms with Crippen LogP contribution >= 0.6 is 11.6 Å². The largest absolute Gasteiger partial charge is 0.292 e. The molecule has 0 unspecified atom stereocenters. The molecule has 0 aliphatic heterocycles. The third-order valence-corrected chi connectivity index (χ3v) is 2.58. The van der Waals surface area contributed by atoms with Crippen LogP contribution in [0.15, 0.2) is 47.4 Å². The number of aromatic nitrogens is 2. The van der Waals surface area contributed by atoms with Crippen LogP contribution in [0.3, 0.4) is 0 Å². The zero-order chi connectivity index (χ0) is 12.3. The van der Waals surface area contributed by atoms with E-state index < -0.39 is 0 Å². The molecule has 0 amide bonds. The van der Waals surface area contributed by atoms with E-state index in [1.165, 1.54) is 18.3 Å². The minimum Gasteiger partial charge on any atom is -0.292 e. The summed E-state index contributed by atoms with van der Waals surface area (Å²) in [7, 11) is 0. The lowest BCUT2D eigenvalue weighted by molar-refractivity contribution is 0.0966. The third kappa shape index (κ3) is 2.60. The number of carbonyl (C=O) groups excluding carboxylic acids is 1. The molecule has 2 rings (SSSR count). The first-order chi connectivity index (χ1) is 8.18. The minimum absolute atomic E-state index is 0.108. The third-order valence-electron chi connectivity index (χ3n) is 2.25. The van der Waals surface area contributed by atoms with Crippen molar-refractivity contribution in [2.45, 2.75) is 6.54 Å². The summed E-state index contributed by atoms with van der Waals surface area (Å²) in [5.74, 6) is -0.239. The van der Waals surface area contributed by atoms with Gasteiger partial charge in [-0.3, -0.25) is 9.59 Å². The van der Waals surface area contributed by atoms with Gasteiger partial charge in [0.15, 0.2) is 5.78 Å². The molecule has 1 aromatic heterocycles. The summed E-state index contributed by atoms with van der Waals surface area (Å²) >= 11 is 5.90. The second kappa shape index (κ2) is 4.93. The molecule has 17 heavy (non-hydrogen) atoms. The molecule has 4 nitrogen and oxygen atoms in total. The van der Waals surface area contributed by atoms with Crippen molar-refractivity contribution in [3.05, 3.63) is 63.5 Å². The lowest BCUT2D eigenvalue weighted by Crippen LogP contribution is -2.25. The van der Waals surface area contributed by atoms with E-state index in [1.54, 1.807) is 24.3 Å². The topological polar surface area (TPSA) is 52.0 Å². The lowest BCUT2D eigenvalue weighted by atomic mass is 10.1. The van der Waals surface area contributed by atoms with Crippen LogP contribution in [0.5, 0.6) is 0 Å². The Morgan fingerprint density at radius 1 is 1.24 bits per heavy atom. The Hall–Kier alpha value is -1.94. The Balaban J connectivity index is 2.27. The second-order valence-electron chi connectivity index (χ2n) is 3.42. The molecule has 0 bridgehead atoms. The summed E-state index contributed by atoms with van der Waals surface area (Å²) in [6.45, 7) is -0.108. The summed E-state index contributed by atoms with van der Waals surface area (Å²) in [5.41, 5.74) is 0.0830. The Morgan fingerprint density at radius 2 is 2.00 bits per heavy atom. The van der Waals surface area contributed by atoms with E-state index in [1.807, 2.05) is 0 Å². The molecule has 86 valence electrons. The fourth-order valence-electron chi connectivity index (χ4n) is 1.41. The number of Topliss-reactive ketones (excluding diaryl/α,β-unsaturated/α-hetero) is 1. The van der Waals surface area contributed by atoms with Crippen molar-refractivity contribution in [2.24, 2.45) is 0 Å². The molecule has 0 aliphatic rings. The highest BCUT2D eigenvalue weighted by atomic mass is 35.5. The first kappa shape index (κ1) is 11.5. The maximum absolute atomic E-state index is 11.9. The average Bonchev–Trinajstić information content (AvgIpc) is 2.32. The van der Waals surface area contributed by atoms with E-state index in [0.29, 0.717) is 10.6 Å². The molecule has 0 fully saturated rings. The zero-order valence-electron chi connectivity index (χ0n) is 8.84. The van der Waals surface area contributed by atoms with Crippen molar-refractivity contribution in [3.63, 3.8) is 0 Å². The van der Waals surface area contributed by atoms with Crippen LogP contribution in [0.1, 0.15) is 10.4 Å². The summed E-state index contributed by atoms with van der Waals surface area (Å²) in [4.78, 5) is 23.3. The lowest BCUT2D eigenvalue weighted by Gasteiger charge is -2.04. The Kier molecular flexibility index (Phi) is 3.35. The fourth-order valence-corrected chi connectivity index (χ4v) is 1.66. The van der Waals surface area contributed by atoms with Crippen molar-refractivity contribution < 1.29 is 4.79 Å². The van der Waals surface area contributed by atoms with Gasteiger partial charge in [-0.2, -0.15) is 5.10 Å². The molecule has 0 atom stereocenters. The Labute approximate surface area is 102 Å². The molecule has 0 spiro atoms. The van der Waals surface area contributed by atoms with Crippen molar-refractivity contribution >= 4 is 17.4 Å². The molecule has 2 aromatic rings. The highest BCUT2D eigenvalue weighted by Gasteiger charge is 2.11. The molecule has 0 radical (unpaired) electrons. The molecule has 5 heteroatoms. The van der Waals surface area contributed by atoms with Crippen LogP contribution in [0.4, 0.5) is 0 Å². The molecule has 0 N–H and O–H groups in total. The number of benzene rings is 1. The molecular formula is C12H9ClN2O2. The standard InChI is InChI=1S/C12H9ClN2O2/c13-10-5-2-1-4-9(10)11(16)8-15-12(17)6-3-7-14-15/h1-7H,8H2. The molecular weight excluding hydrogens is 240 g/mol. The van der Waals surface area contributed by atoms with E-state index in [-0.39, 0.29) is 17.9 Å². The van der Waals surface area contributed by atoms with Gasteiger partial charge in [0.2, 0.25) is 0 Å². The van der Waals surface area contributed by atoms with Crippen molar-refractivity contribution in [3.8, 4) is 0 Å². The molecule has 0 aliphatic carbocycles. The quantitative estimate of drug-likeness (QED) is 0.778. The van der Waals surface area contributed by atoms with E-state index in [0.717, 1.165) is 4.68 Å². The van der Waals surface area contributed by atoms with Gasteiger partial charge in [0.05, 0.1) is 5.02 Å². The van der Waals surface area contributed by atoms with Gasteiger partial charge in [-0.15, -0.1) is 0 Å². The summed E-state index contributed by atoms with van der Waals surface area (Å²) in [6.07, 6.45) is 1.46. The number of nitrogens with zero attached hydrogens (tertiary/aromatic N) is 2. The van der Waals surface area contributed by atoms with Crippen LogP contribution in [0.2, 0.25) is 5.02 Å². The first-order valence-electron chi connectivity index (χ1n) is 4.98. The molecule has 0 saturated carbocycles. The molecule has 1 aromatic carbocycles. The van der Waals surface area contributed by atoms with Crippen LogP contribution in [0, 0.1) is 0 Å². The van der Waals surface area contributed by atoms with Gasteiger partial charge in [0, 0.05) is 17.8 Å². The van der Waals surface area contributed by atoms with Gasteiger partial charge < -0.3 is 0 Å². The smallest absolute Gasteiger partial charge is 0.267 e. The van der Waals surface area contributed by atoms with Gasteiger partial charge in [-0.25, -0.2) is 4.68 Å². The number of halogens is 1. The van der Waals surface area contributed by atoms with Crippen LogP contribution in [-0.4, -0.2) is 15.6 Å². The highest BCUT2D eigenvalue weighted by Crippen LogP contribution is 2.15. The maximum atomic E-state index is 11.9. The van der Waals surface area contributed by atoms with Crippen LogP contribution < -0.4 is 5.56 Å². The second-order valence-corrected chi connectivity index (χ2v) is 3.83. The van der Waals surface area contributed by atoms with Crippen molar-refractivity contribution in [1.29, 1.82) is 0 Å². The van der Waals surface area contributed by atoms with Crippen LogP contribution in [0.25, 0.3) is 0 Å². The predicted molar refractivity (Wildman–Crippen MR) is 64.3 cm³/mol. The monoisotopic (exact) mass is 248 g/mol. The van der Waals surface area contributed by atoms with Gasteiger partial charge in [-0.1, -0.05) is 23.7 Å². The van der Waals surface area contributed by atoms with Gasteiger partial charge in [-0.05, 0) is 18.2 Å². The maximum Gasteiger partial charge on any atom is 0.267 e. The van der Waals surface area contributed by atoms with Gasteiger partial charge in [0.25, 0.3) is 5.56 Å². The minimum atomic E-state index is -0.312. The van der Waals surface area contributed by atoms with Crippen molar-refractivity contribution in [2.75, 3.05) is 0 Å². The zero-order valence-corrected chi connectivity index (χ0v) is 9.59. The van der Waals surface area contributed by atoms with E-state index in [4.69, 9.17) is 11.6 Å². The Bertz CT molecular complexity index is 607. The first-order valence-corrected chi connectivity index (χ1v) is 5.36. The number of ketones is 1. The highest BCUT2D eigenvalue weighted by molar-refractivity contribution is 6.33. The van der Waals surface area contributed by atoms with E-state index in [2.05, 4.69) is 5.10 Å². The van der Waals surface area contributed by atoms with Crippen LogP contribution in [-0.2, 0) is 6.54 Å². The molecule has 0 saturated heterocycles. The van der Waals surface area contributed by atoms with E-state index in [9.17, 15) is 9.59 Å². The fraction of sp³-hybridized carbons (Fsp3) is 0.0833. The van der Waals surface area contributed by atoms with E-state index >= 15 is 0 Å². The van der Waals surface area contributed by atoms with Crippen molar-refractivity contribution in [1.82, 2.24) is 9.78 Å². The molecule has 1 heterocycles. The summed E-state index contributed by atoms with van der Waals surface area (Å²) in [5, 5.41) is 4.19. The number of carbonyl (C=O) groups is 1.